The fraction of sp³-hybridized carbons (Fsp3) is 0.385. The van der Waals surface area contributed by atoms with E-state index < -0.39 is 0 Å². The lowest BCUT2D eigenvalue weighted by molar-refractivity contribution is 0.631. The van der Waals surface area contributed by atoms with Crippen LogP contribution in [-0.2, 0) is 0 Å². The van der Waals surface area contributed by atoms with E-state index in [-0.39, 0.29) is 5.83 Å². The van der Waals surface area contributed by atoms with Crippen LogP contribution in [-0.4, -0.2) is 0 Å². The summed E-state index contributed by atoms with van der Waals surface area (Å²) < 4.78 is 13.3. The van der Waals surface area contributed by atoms with E-state index in [0.717, 1.165) is 29.6 Å². The molecule has 0 heterocycles. The van der Waals surface area contributed by atoms with Crippen LogP contribution in [0, 0.1) is 0 Å². The van der Waals surface area contributed by atoms with Crippen molar-refractivity contribution in [3.05, 3.63) is 46.9 Å². The van der Waals surface area contributed by atoms with Crippen LogP contribution in [0.25, 0.3) is 0 Å². The van der Waals surface area contributed by atoms with Crippen LogP contribution in [0.2, 0.25) is 0 Å². The van der Waals surface area contributed by atoms with Gasteiger partial charge in [0.05, 0.1) is 0 Å². The normalized spacial score (nSPS) is 17.7. The van der Waals surface area contributed by atoms with E-state index in [1.54, 1.807) is 6.08 Å². The van der Waals surface area contributed by atoms with Gasteiger partial charge in [-0.3, -0.25) is 0 Å². The third kappa shape index (κ3) is 2.44. The van der Waals surface area contributed by atoms with Crippen LogP contribution in [0.3, 0.4) is 0 Å². The lowest BCUT2D eigenvalue weighted by Crippen LogP contribution is -1.91. The SMILES string of the molecule is C=C/C=C(C)\C(C(C)=C1CC1)=C(/C)F. The molecule has 1 saturated carbocycles. The number of rotatable bonds is 3. The van der Waals surface area contributed by atoms with Crippen LogP contribution >= 0.6 is 0 Å². The molecule has 0 bridgehead atoms. The summed E-state index contributed by atoms with van der Waals surface area (Å²) in [5.74, 6) is -0.0995. The average molecular weight is 192 g/mol. The monoisotopic (exact) mass is 192 g/mol. The topological polar surface area (TPSA) is 0 Å². The highest BCUT2D eigenvalue weighted by Crippen LogP contribution is 2.37. The standard InChI is InChI=1S/C13H17F/c1-5-6-9(2)13(11(4)14)10(3)12-7-8-12/h5-6H,1,7-8H2,2-4H3/b9-6-,13-11-. The summed E-state index contributed by atoms with van der Waals surface area (Å²) >= 11 is 0. The summed E-state index contributed by atoms with van der Waals surface area (Å²) in [6, 6.07) is 0. The minimum Gasteiger partial charge on any atom is -0.211 e. The van der Waals surface area contributed by atoms with Gasteiger partial charge in [-0.2, -0.15) is 0 Å². The third-order valence-electron chi connectivity index (χ3n) is 2.51. The van der Waals surface area contributed by atoms with E-state index in [0.29, 0.717) is 0 Å². The van der Waals surface area contributed by atoms with Crippen molar-refractivity contribution < 1.29 is 4.39 Å². The van der Waals surface area contributed by atoms with Crippen molar-refractivity contribution in [2.24, 2.45) is 0 Å². The molecule has 0 nitrogen and oxygen atoms in total. The maximum atomic E-state index is 13.3. The number of hydrogen-bond acceptors (Lipinski definition) is 0. The first-order valence-electron chi connectivity index (χ1n) is 4.93. The molecule has 1 fully saturated rings. The van der Waals surface area contributed by atoms with Crippen molar-refractivity contribution in [3.63, 3.8) is 0 Å². The quantitative estimate of drug-likeness (QED) is 0.579. The first-order chi connectivity index (χ1) is 6.57. The predicted octanol–water partition coefficient (Wildman–Crippen LogP) is 4.47. The lowest BCUT2D eigenvalue weighted by atomic mass is 9.98. The summed E-state index contributed by atoms with van der Waals surface area (Å²) in [4.78, 5) is 0. The van der Waals surface area contributed by atoms with Gasteiger partial charge >= 0.3 is 0 Å². The van der Waals surface area contributed by atoms with Crippen molar-refractivity contribution >= 4 is 0 Å². The molecule has 14 heavy (non-hydrogen) atoms. The van der Waals surface area contributed by atoms with E-state index in [1.165, 1.54) is 12.5 Å². The van der Waals surface area contributed by atoms with E-state index in [9.17, 15) is 4.39 Å². The second-order valence-electron chi connectivity index (χ2n) is 3.72. The van der Waals surface area contributed by atoms with Gasteiger partial charge in [0.1, 0.15) is 5.83 Å². The zero-order valence-corrected chi connectivity index (χ0v) is 9.15. The Balaban J connectivity index is 3.10. The summed E-state index contributed by atoms with van der Waals surface area (Å²) in [5.41, 5.74) is 4.21. The van der Waals surface area contributed by atoms with Gasteiger partial charge in [0.15, 0.2) is 0 Å². The Morgan fingerprint density at radius 2 is 1.86 bits per heavy atom. The maximum absolute atomic E-state index is 13.3. The van der Waals surface area contributed by atoms with E-state index in [1.807, 2.05) is 19.9 Å². The fourth-order valence-corrected chi connectivity index (χ4v) is 1.70. The lowest BCUT2D eigenvalue weighted by Gasteiger charge is -2.08. The van der Waals surface area contributed by atoms with Crippen molar-refractivity contribution in [2.45, 2.75) is 33.6 Å². The number of halogens is 1. The van der Waals surface area contributed by atoms with E-state index in [4.69, 9.17) is 0 Å². The van der Waals surface area contributed by atoms with Crippen LogP contribution in [0.4, 0.5) is 4.39 Å². The van der Waals surface area contributed by atoms with Crippen LogP contribution in [0.15, 0.2) is 46.9 Å². The highest BCUT2D eigenvalue weighted by molar-refractivity contribution is 5.51. The maximum Gasteiger partial charge on any atom is 0.105 e. The van der Waals surface area contributed by atoms with Crippen molar-refractivity contribution in [1.82, 2.24) is 0 Å². The molecule has 1 heteroatoms. The van der Waals surface area contributed by atoms with Gasteiger partial charge in [-0.25, -0.2) is 4.39 Å². The number of hydrogen-bond donors (Lipinski definition) is 0. The Morgan fingerprint density at radius 3 is 2.21 bits per heavy atom. The van der Waals surface area contributed by atoms with Crippen molar-refractivity contribution in [2.75, 3.05) is 0 Å². The first-order valence-corrected chi connectivity index (χ1v) is 4.93. The van der Waals surface area contributed by atoms with Crippen molar-refractivity contribution in [3.8, 4) is 0 Å². The van der Waals surface area contributed by atoms with Gasteiger partial charge in [-0.1, -0.05) is 24.3 Å². The van der Waals surface area contributed by atoms with Gasteiger partial charge in [0.2, 0.25) is 0 Å². The van der Waals surface area contributed by atoms with Crippen LogP contribution in [0.1, 0.15) is 33.6 Å². The third-order valence-corrected chi connectivity index (χ3v) is 2.51. The Morgan fingerprint density at radius 1 is 1.29 bits per heavy atom. The van der Waals surface area contributed by atoms with Gasteiger partial charge in [0.25, 0.3) is 0 Å². The second kappa shape index (κ2) is 4.41. The van der Waals surface area contributed by atoms with Gasteiger partial charge in [0, 0.05) is 5.57 Å². The Bertz CT molecular complexity index is 330. The molecular formula is C13H17F. The van der Waals surface area contributed by atoms with Gasteiger partial charge in [-0.15, -0.1) is 0 Å². The molecule has 0 unspecified atom stereocenters. The van der Waals surface area contributed by atoms with Crippen LogP contribution in [0.5, 0.6) is 0 Å². The Hall–Kier alpha value is -1.11. The molecule has 0 N–H and O–H groups in total. The molecule has 0 aromatic rings. The Labute approximate surface area is 85.5 Å². The van der Waals surface area contributed by atoms with E-state index in [2.05, 4.69) is 6.58 Å². The van der Waals surface area contributed by atoms with Gasteiger partial charge in [-0.05, 0) is 44.8 Å². The summed E-state index contributed by atoms with van der Waals surface area (Å²) in [6.45, 7) is 9.07. The second-order valence-corrected chi connectivity index (χ2v) is 3.72. The van der Waals surface area contributed by atoms with Crippen molar-refractivity contribution in [1.29, 1.82) is 0 Å². The average Bonchev–Trinajstić information content (AvgIpc) is 2.85. The minimum atomic E-state index is -0.0995. The minimum absolute atomic E-state index is 0.0995. The molecule has 76 valence electrons. The van der Waals surface area contributed by atoms with Gasteiger partial charge < -0.3 is 0 Å². The highest BCUT2D eigenvalue weighted by atomic mass is 19.1. The summed E-state index contributed by atoms with van der Waals surface area (Å²) in [7, 11) is 0. The molecule has 0 radical (unpaired) electrons. The molecule has 0 aromatic heterocycles. The predicted molar refractivity (Wildman–Crippen MR) is 59.7 cm³/mol. The first kappa shape index (κ1) is 11.0. The highest BCUT2D eigenvalue weighted by Gasteiger charge is 2.19. The molecule has 0 spiro atoms. The zero-order valence-electron chi connectivity index (χ0n) is 9.15. The number of allylic oxidation sites excluding steroid dienone is 7. The zero-order chi connectivity index (χ0) is 10.7. The molecule has 0 atom stereocenters. The molecule has 0 aromatic carbocycles. The summed E-state index contributed by atoms with van der Waals surface area (Å²) in [6.07, 6.45) is 5.81. The molecule has 1 aliphatic carbocycles. The fourth-order valence-electron chi connectivity index (χ4n) is 1.70. The molecule has 1 aliphatic rings. The summed E-state index contributed by atoms with van der Waals surface area (Å²) in [5, 5.41) is 0. The largest absolute Gasteiger partial charge is 0.211 e. The molecule has 0 amide bonds. The van der Waals surface area contributed by atoms with E-state index >= 15 is 0 Å². The molecule has 1 rings (SSSR count). The molecule has 0 saturated heterocycles. The Kier molecular flexibility index (Phi) is 3.45. The molecular weight excluding hydrogens is 175 g/mol. The smallest absolute Gasteiger partial charge is 0.105 e. The molecule has 0 aliphatic heterocycles. The van der Waals surface area contributed by atoms with Crippen LogP contribution < -0.4 is 0 Å².